The molecule has 0 unspecified atom stereocenters. The molecular weight excluding hydrogens is 465 g/mol. The Hall–Kier alpha value is -2.38. The first-order valence-electron chi connectivity index (χ1n) is 14.0. The van der Waals surface area contributed by atoms with Crippen molar-refractivity contribution in [2.45, 2.75) is 86.1 Å². The van der Waals surface area contributed by atoms with Gasteiger partial charge in [0.2, 0.25) is 11.8 Å². The van der Waals surface area contributed by atoms with Gasteiger partial charge in [0.05, 0.1) is 17.9 Å². The highest BCUT2D eigenvalue weighted by Crippen LogP contribution is 2.52. The second-order valence-electron chi connectivity index (χ2n) is 11.4. The van der Waals surface area contributed by atoms with Gasteiger partial charge in [-0.3, -0.25) is 14.5 Å². The van der Waals surface area contributed by atoms with Gasteiger partial charge in [0.15, 0.2) is 0 Å². The zero-order valence-corrected chi connectivity index (χ0v) is 23.2. The van der Waals surface area contributed by atoms with Gasteiger partial charge in [-0.2, -0.15) is 0 Å². The van der Waals surface area contributed by atoms with Crippen LogP contribution >= 0.6 is 0 Å². The van der Waals surface area contributed by atoms with Crippen LogP contribution in [0.25, 0.3) is 6.08 Å². The first kappa shape index (κ1) is 27.7. The van der Waals surface area contributed by atoms with E-state index in [0.717, 1.165) is 41.5 Å². The van der Waals surface area contributed by atoms with Crippen LogP contribution in [0.15, 0.2) is 28.9 Å². The molecule has 2 heterocycles. The Morgan fingerprint density at radius 2 is 1.84 bits per heavy atom. The van der Waals surface area contributed by atoms with Crippen molar-refractivity contribution in [3.05, 3.63) is 45.5 Å². The van der Waals surface area contributed by atoms with E-state index in [1.807, 2.05) is 32.9 Å². The predicted molar refractivity (Wildman–Crippen MR) is 147 cm³/mol. The van der Waals surface area contributed by atoms with E-state index in [4.69, 9.17) is 4.65 Å². The van der Waals surface area contributed by atoms with Gasteiger partial charge < -0.3 is 14.8 Å². The van der Waals surface area contributed by atoms with E-state index in [1.54, 1.807) is 0 Å². The van der Waals surface area contributed by atoms with Gasteiger partial charge in [-0.1, -0.05) is 44.9 Å². The Morgan fingerprint density at radius 3 is 2.43 bits per heavy atom. The standard InChI is InChI=1S/C30H42BNO5/c1-7-11-32-29(34)23-15-22(17(3)4)26-24(27(23)30(32)35)16-31(36)37-25(26)10-9-20(8-2)14-21-12-18(5)28(33)19(6)13-21/h12-14,17,23-25,27,33,36H,7-11,15-16H2,1-6H3/b20-14+/t23-,24+,25-,27-/m1/s1. The number of phenols is 1. The number of hydrogen-bond donors (Lipinski definition) is 2. The lowest BCUT2D eigenvalue weighted by Gasteiger charge is -2.44. The molecule has 0 bridgehead atoms. The molecule has 2 N–H and O–H groups in total. The highest BCUT2D eigenvalue weighted by atomic mass is 16.5. The fourth-order valence-electron chi connectivity index (χ4n) is 6.73. The van der Waals surface area contributed by atoms with Gasteiger partial charge in [-0.25, -0.2) is 0 Å². The molecule has 4 rings (SSSR count). The molecular formula is C30H42BNO5. The second-order valence-corrected chi connectivity index (χ2v) is 11.4. The highest BCUT2D eigenvalue weighted by Gasteiger charge is 2.57. The predicted octanol–water partition coefficient (Wildman–Crippen LogP) is 5.45. The van der Waals surface area contributed by atoms with Crippen LogP contribution in [0.3, 0.4) is 0 Å². The summed E-state index contributed by atoms with van der Waals surface area (Å²) in [5, 5.41) is 20.9. The summed E-state index contributed by atoms with van der Waals surface area (Å²) in [6.45, 7) is 12.7. The van der Waals surface area contributed by atoms with E-state index in [2.05, 4.69) is 26.8 Å². The number of amides is 2. The van der Waals surface area contributed by atoms with Crippen LogP contribution in [0.4, 0.5) is 0 Å². The number of likely N-dealkylation sites (tertiary alicyclic amines) is 1. The van der Waals surface area contributed by atoms with Crippen molar-refractivity contribution >= 4 is 25.0 Å². The lowest BCUT2D eigenvalue weighted by Crippen LogP contribution is -2.46. The van der Waals surface area contributed by atoms with Gasteiger partial charge in [0.25, 0.3) is 0 Å². The molecule has 2 fully saturated rings. The summed E-state index contributed by atoms with van der Waals surface area (Å²) in [7, 11) is -0.939. The fourth-order valence-corrected chi connectivity index (χ4v) is 6.73. The van der Waals surface area contributed by atoms with Crippen LogP contribution in [0, 0.1) is 37.5 Å². The molecule has 0 radical (unpaired) electrons. The van der Waals surface area contributed by atoms with Crippen LogP contribution in [0.5, 0.6) is 5.75 Å². The zero-order chi connectivity index (χ0) is 27.0. The summed E-state index contributed by atoms with van der Waals surface area (Å²) in [4.78, 5) is 28.1. The number of carbonyl (C=O) groups excluding carboxylic acids is 2. The average Bonchev–Trinajstić information content (AvgIpc) is 3.09. The molecule has 1 aromatic carbocycles. The summed E-state index contributed by atoms with van der Waals surface area (Å²) in [5.74, 6) is -0.381. The average molecular weight is 507 g/mol. The monoisotopic (exact) mass is 507 g/mol. The summed E-state index contributed by atoms with van der Waals surface area (Å²) >= 11 is 0. The number of phenolic OH excluding ortho intramolecular Hbond substituents is 1. The smallest absolute Gasteiger partial charge is 0.455 e. The van der Waals surface area contributed by atoms with Crippen LogP contribution in [0.2, 0.25) is 6.32 Å². The summed E-state index contributed by atoms with van der Waals surface area (Å²) in [5.41, 5.74) is 6.45. The van der Waals surface area contributed by atoms with E-state index in [9.17, 15) is 19.7 Å². The van der Waals surface area contributed by atoms with Crippen molar-refractivity contribution in [3.8, 4) is 5.75 Å². The number of nitrogens with zero attached hydrogens (tertiary/aromatic N) is 1. The lowest BCUT2D eigenvalue weighted by atomic mass is 9.57. The highest BCUT2D eigenvalue weighted by molar-refractivity contribution is 6.43. The maximum absolute atomic E-state index is 13.4. The van der Waals surface area contributed by atoms with E-state index in [-0.39, 0.29) is 41.6 Å². The quantitative estimate of drug-likeness (QED) is 0.278. The Bertz CT molecular complexity index is 1100. The van der Waals surface area contributed by atoms with E-state index in [1.165, 1.54) is 16.0 Å². The number of aryl methyl sites for hydroxylation is 2. The van der Waals surface area contributed by atoms with Crippen LogP contribution in [-0.4, -0.2) is 46.6 Å². The Labute approximate surface area is 221 Å². The third kappa shape index (κ3) is 5.30. The van der Waals surface area contributed by atoms with Gasteiger partial charge >= 0.3 is 7.12 Å². The molecule has 0 saturated carbocycles. The topological polar surface area (TPSA) is 87.1 Å². The van der Waals surface area contributed by atoms with Gasteiger partial charge in [0.1, 0.15) is 5.75 Å². The minimum absolute atomic E-state index is 0.0396. The first-order valence-corrected chi connectivity index (χ1v) is 14.0. The first-order chi connectivity index (χ1) is 17.6. The van der Waals surface area contributed by atoms with Crippen molar-refractivity contribution in [2.75, 3.05) is 6.54 Å². The third-order valence-electron chi connectivity index (χ3n) is 8.55. The van der Waals surface area contributed by atoms with Crippen LogP contribution < -0.4 is 0 Å². The molecule has 200 valence electrons. The second kappa shape index (κ2) is 11.2. The number of hydrogen-bond acceptors (Lipinski definition) is 5. The SMILES string of the molecule is CCCN1C(=O)[C@@H]2[C@@H](CC(C(C)C)=C3[C@@H](CC/C(=C/c4cc(C)c(O)c(C)c4)CC)OB(O)C[C@@H]32)C1=O. The molecule has 6 nitrogen and oxygen atoms in total. The largest absolute Gasteiger partial charge is 0.507 e. The molecule has 2 saturated heterocycles. The fraction of sp³-hybridized carbons (Fsp3) is 0.600. The van der Waals surface area contributed by atoms with Gasteiger partial charge in [0, 0.05) is 6.54 Å². The van der Waals surface area contributed by atoms with Crippen molar-refractivity contribution < 1.29 is 24.4 Å². The molecule has 3 aliphatic rings. The number of fused-ring (bicyclic) bond motifs is 3. The number of imide groups is 1. The van der Waals surface area contributed by atoms with Crippen molar-refractivity contribution in [1.29, 1.82) is 0 Å². The Balaban J connectivity index is 1.63. The van der Waals surface area contributed by atoms with Crippen molar-refractivity contribution in [3.63, 3.8) is 0 Å². The van der Waals surface area contributed by atoms with Crippen molar-refractivity contribution in [1.82, 2.24) is 4.90 Å². The Kier molecular flexibility index (Phi) is 8.34. The molecule has 0 aromatic heterocycles. The number of benzene rings is 1. The van der Waals surface area contributed by atoms with E-state index >= 15 is 0 Å². The number of rotatable bonds is 8. The summed E-state index contributed by atoms with van der Waals surface area (Å²) in [6, 6.07) is 4.00. The maximum atomic E-state index is 13.4. The number of allylic oxidation sites excluding steroid dienone is 2. The zero-order valence-electron chi connectivity index (χ0n) is 23.2. The molecule has 7 heteroatoms. The Morgan fingerprint density at radius 1 is 1.16 bits per heavy atom. The van der Waals surface area contributed by atoms with Gasteiger partial charge in [-0.15, -0.1) is 0 Å². The van der Waals surface area contributed by atoms with E-state index in [0.29, 0.717) is 31.5 Å². The molecule has 1 aromatic rings. The minimum Gasteiger partial charge on any atom is -0.507 e. The van der Waals surface area contributed by atoms with Crippen LogP contribution in [0.1, 0.15) is 76.5 Å². The van der Waals surface area contributed by atoms with Gasteiger partial charge in [-0.05, 0) is 98.5 Å². The molecule has 2 amide bonds. The molecule has 1 aliphatic carbocycles. The minimum atomic E-state index is -0.939. The van der Waals surface area contributed by atoms with E-state index < -0.39 is 7.12 Å². The molecule has 37 heavy (non-hydrogen) atoms. The molecule has 0 spiro atoms. The third-order valence-corrected chi connectivity index (χ3v) is 8.55. The normalized spacial score (nSPS) is 26.3. The molecule has 4 atom stereocenters. The van der Waals surface area contributed by atoms with Crippen LogP contribution in [-0.2, 0) is 14.2 Å². The number of aromatic hydroxyl groups is 1. The molecule has 2 aliphatic heterocycles. The lowest BCUT2D eigenvalue weighted by molar-refractivity contribution is -0.140. The maximum Gasteiger partial charge on any atom is 0.455 e. The summed E-state index contributed by atoms with van der Waals surface area (Å²) < 4.78 is 6.15. The summed E-state index contributed by atoms with van der Waals surface area (Å²) in [6.07, 6.45) is 6.05. The number of carbonyl (C=O) groups is 2. The van der Waals surface area contributed by atoms with Crippen molar-refractivity contribution in [2.24, 2.45) is 23.7 Å².